The molecule has 2 aromatic carbocycles. The van der Waals surface area contributed by atoms with E-state index in [4.69, 9.17) is 4.74 Å². The molecular weight excluding hydrogens is 466 g/mol. The van der Waals surface area contributed by atoms with Gasteiger partial charge in [-0.15, -0.1) is 0 Å². The van der Waals surface area contributed by atoms with Gasteiger partial charge in [0.1, 0.15) is 12.1 Å². The molecule has 4 N–H and O–H groups in total. The second-order valence-electron chi connectivity index (χ2n) is 10.1. The predicted molar refractivity (Wildman–Crippen MR) is 145 cm³/mol. The first-order chi connectivity index (χ1) is 17.8. The highest BCUT2D eigenvalue weighted by atomic mass is 16.5. The number of aliphatic hydroxyl groups is 1. The largest absolute Gasteiger partial charge is 0.481 e. The van der Waals surface area contributed by atoms with Crippen LogP contribution in [0.2, 0.25) is 0 Å². The molecular formula is C29H37N5O3. The van der Waals surface area contributed by atoms with E-state index < -0.39 is 12.1 Å². The summed E-state index contributed by atoms with van der Waals surface area (Å²) in [5, 5.41) is 20.9. The third-order valence-electron chi connectivity index (χ3n) is 6.89. The molecule has 1 aliphatic carbocycles. The van der Waals surface area contributed by atoms with Gasteiger partial charge in [-0.2, -0.15) is 0 Å². The number of hydrogen-bond acceptors (Lipinski definition) is 7. The van der Waals surface area contributed by atoms with Crippen LogP contribution in [0.3, 0.4) is 0 Å². The van der Waals surface area contributed by atoms with Crippen LogP contribution in [0.1, 0.15) is 56.2 Å². The fourth-order valence-electron chi connectivity index (χ4n) is 4.52. The number of methoxy groups -OCH3 is 1. The summed E-state index contributed by atoms with van der Waals surface area (Å²) in [6.07, 6.45) is 3.30. The highest BCUT2D eigenvalue weighted by Crippen LogP contribution is 2.46. The number of carbonyl (C=O) groups is 1. The molecule has 0 aliphatic heterocycles. The van der Waals surface area contributed by atoms with Crippen molar-refractivity contribution in [1.29, 1.82) is 0 Å². The molecule has 4 rings (SSSR count). The fourth-order valence-corrected chi connectivity index (χ4v) is 4.52. The van der Waals surface area contributed by atoms with E-state index in [-0.39, 0.29) is 11.4 Å². The van der Waals surface area contributed by atoms with Crippen molar-refractivity contribution in [2.45, 2.75) is 63.6 Å². The first-order valence-corrected chi connectivity index (χ1v) is 12.8. The molecule has 0 unspecified atom stereocenters. The number of hydrogen-bond donors (Lipinski definition) is 4. The minimum atomic E-state index is -0.735. The lowest BCUT2D eigenvalue weighted by molar-refractivity contribution is -0.120. The Morgan fingerprint density at radius 2 is 1.86 bits per heavy atom. The van der Waals surface area contributed by atoms with Gasteiger partial charge in [-0.05, 0) is 54.0 Å². The van der Waals surface area contributed by atoms with Crippen LogP contribution in [-0.2, 0) is 16.8 Å². The normalized spacial score (nSPS) is 15.6. The monoisotopic (exact) mass is 503 g/mol. The van der Waals surface area contributed by atoms with E-state index in [1.54, 1.807) is 13.2 Å². The average molecular weight is 504 g/mol. The molecule has 1 amide bonds. The molecule has 1 aromatic heterocycles. The number of ether oxygens (including phenoxy) is 1. The number of rotatable bonds is 12. The van der Waals surface area contributed by atoms with Crippen molar-refractivity contribution in [3.8, 4) is 5.88 Å². The second-order valence-corrected chi connectivity index (χ2v) is 10.1. The molecule has 1 saturated carbocycles. The molecule has 0 saturated heterocycles. The van der Waals surface area contributed by atoms with E-state index >= 15 is 0 Å². The number of aliphatic hydroxyl groups excluding tert-OH is 1. The van der Waals surface area contributed by atoms with Crippen LogP contribution in [0.5, 0.6) is 5.88 Å². The topological polar surface area (TPSA) is 108 Å². The molecule has 0 radical (unpaired) electrons. The van der Waals surface area contributed by atoms with Gasteiger partial charge in [0.25, 0.3) is 0 Å². The van der Waals surface area contributed by atoms with Crippen LogP contribution >= 0.6 is 0 Å². The summed E-state index contributed by atoms with van der Waals surface area (Å²) in [5.74, 6) is 1.42. The van der Waals surface area contributed by atoms with Crippen LogP contribution in [-0.4, -0.2) is 46.8 Å². The lowest BCUT2D eigenvalue weighted by atomic mass is 9.96. The van der Waals surface area contributed by atoms with Crippen molar-refractivity contribution < 1.29 is 14.6 Å². The molecule has 1 heterocycles. The van der Waals surface area contributed by atoms with Crippen molar-refractivity contribution in [2.75, 3.05) is 19.0 Å². The number of nitrogens with zero attached hydrogens (tertiary/aromatic N) is 2. The van der Waals surface area contributed by atoms with E-state index in [9.17, 15) is 9.90 Å². The summed E-state index contributed by atoms with van der Waals surface area (Å²) in [6, 6.07) is 17.9. The fraction of sp³-hybridized carbons (Fsp3) is 0.414. The minimum absolute atomic E-state index is 0.0936. The molecule has 0 bridgehead atoms. The first kappa shape index (κ1) is 26.6. The van der Waals surface area contributed by atoms with E-state index in [0.717, 1.165) is 24.1 Å². The van der Waals surface area contributed by atoms with Crippen molar-refractivity contribution in [2.24, 2.45) is 0 Å². The maximum atomic E-state index is 11.9. The number of aromatic nitrogens is 2. The van der Waals surface area contributed by atoms with Gasteiger partial charge in [-0.3, -0.25) is 4.79 Å². The molecule has 0 spiro atoms. The molecule has 8 nitrogen and oxygen atoms in total. The van der Waals surface area contributed by atoms with Crippen LogP contribution < -0.4 is 20.7 Å². The number of nitrogens with one attached hydrogen (secondary N) is 3. The highest BCUT2D eigenvalue weighted by molar-refractivity contribution is 5.73. The van der Waals surface area contributed by atoms with E-state index in [1.807, 2.05) is 24.3 Å². The van der Waals surface area contributed by atoms with E-state index in [1.165, 1.54) is 24.4 Å². The highest BCUT2D eigenvalue weighted by Gasteiger charge is 2.44. The van der Waals surface area contributed by atoms with Gasteiger partial charge < -0.3 is 25.8 Å². The number of anilines is 2. The summed E-state index contributed by atoms with van der Waals surface area (Å²) < 4.78 is 5.14. The molecule has 37 heavy (non-hydrogen) atoms. The summed E-state index contributed by atoms with van der Waals surface area (Å²) in [4.78, 5) is 20.1. The van der Waals surface area contributed by atoms with Gasteiger partial charge in [0.15, 0.2) is 0 Å². The molecule has 3 aromatic rings. The summed E-state index contributed by atoms with van der Waals surface area (Å²) >= 11 is 0. The SMILES string of the molecule is COc1cc(Nc2ccc(C[C@H](NC(C)=O)[C@@H](O)CNC3(c4cccc(C(C)C)c4)CC3)cc2)ncn1. The van der Waals surface area contributed by atoms with E-state index in [2.05, 4.69) is 64.0 Å². The Labute approximate surface area is 218 Å². The maximum Gasteiger partial charge on any atom is 0.218 e. The van der Waals surface area contributed by atoms with Crippen molar-refractivity contribution in [1.82, 2.24) is 20.6 Å². The Balaban J connectivity index is 1.38. The van der Waals surface area contributed by atoms with E-state index in [0.29, 0.717) is 30.6 Å². The van der Waals surface area contributed by atoms with Gasteiger partial charge in [0, 0.05) is 30.8 Å². The molecule has 1 aliphatic rings. The van der Waals surface area contributed by atoms with Gasteiger partial charge in [-0.1, -0.05) is 50.2 Å². The lowest BCUT2D eigenvalue weighted by Gasteiger charge is -2.27. The standard InChI is InChI=1S/C29H37N5O3/c1-19(2)22-6-5-7-23(15-22)29(12-13-29)32-17-26(36)25(33-20(3)35)14-21-8-10-24(11-9-21)34-27-16-28(37-4)31-18-30-27/h5-11,15-16,18-19,25-26,32,36H,12-14,17H2,1-4H3,(H,33,35)(H,30,31,34)/t25-,26-/m0/s1. The Kier molecular flexibility index (Phi) is 8.41. The zero-order chi connectivity index (χ0) is 26.4. The summed E-state index contributed by atoms with van der Waals surface area (Å²) in [7, 11) is 1.56. The quantitative estimate of drug-likeness (QED) is 0.295. The number of benzene rings is 2. The predicted octanol–water partition coefficient (Wildman–Crippen LogP) is 4.04. The molecule has 8 heteroatoms. The van der Waals surface area contributed by atoms with Crippen LogP contribution in [0.4, 0.5) is 11.5 Å². The average Bonchev–Trinajstić information content (AvgIpc) is 3.69. The molecule has 196 valence electrons. The summed E-state index contributed by atoms with van der Waals surface area (Å²) in [5.41, 5.74) is 4.37. The lowest BCUT2D eigenvalue weighted by Crippen LogP contribution is -2.49. The minimum Gasteiger partial charge on any atom is -0.481 e. The van der Waals surface area contributed by atoms with Gasteiger partial charge in [-0.25, -0.2) is 9.97 Å². The number of carbonyl (C=O) groups excluding carboxylic acids is 1. The van der Waals surface area contributed by atoms with Gasteiger partial charge in [0.2, 0.25) is 11.8 Å². The van der Waals surface area contributed by atoms with Gasteiger partial charge >= 0.3 is 0 Å². The second kappa shape index (κ2) is 11.7. The van der Waals surface area contributed by atoms with Crippen LogP contribution in [0.25, 0.3) is 0 Å². The molecule has 2 atom stereocenters. The Hall–Kier alpha value is -3.49. The van der Waals surface area contributed by atoms with Crippen LogP contribution in [0, 0.1) is 0 Å². The Morgan fingerprint density at radius 3 is 2.51 bits per heavy atom. The summed E-state index contributed by atoms with van der Waals surface area (Å²) in [6.45, 7) is 6.27. The zero-order valence-corrected chi connectivity index (χ0v) is 22.0. The third kappa shape index (κ3) is 7.05. The smallest absolute Gasteiger partial charge is 0.218 e. The van der Waals surface area contributed by atoms with Gasteiger partial charge in [0.05, 0.1) is 19.3 Å². The van der Waals surface area contributed by atoms with Crippen LogP contribution in [0.15, 0.2) is 60.9 Å². The van der Waals surface area contributed by atoms with Crippen molar-refractivity contribution >= 4 is 17.4 Å². The number of amides is 1. The first-order valence-electron chi connectivity index (χ1n) is 12.8. The molecule has 1 fully saturated rings. The Morgan fingerprint density at radius 1 is 1.11 bits per heavy atom. The van der Waals surface area contributed by atoms with Crippen molar-refractivity contribution in [3.63, 3.8) is 0 Å². The third-order valence-corrected chi connectivity index (χ3v) is 6.89. The maximum absolute atomic E-state index is 11.9. The zero-order valence-electron chi connectivity index (χ0n) is 22.0. The van der Waals surface area contributed by atoms with Crippen molar-refractivity contribution in [3.05, 3.63) is 77.6 Å². The Bertz CT molecular complexity index is 1190.